The molecule has 0 bridgehead atoms. The van der Waals surface area contributed by atoms with Crippen LogP contribution in [-0.2, 0) is 14.1 Å². The first-order valence-electron chi connectivity index (χ1n) is 12.1. The quantitative estimate of drug-likeness (QED) is 0.250. The van der Waals surface area contributed by atoms with Crippen molar-refractivity contribution in [2.75, 3.05) is 24.6 Å². The van der Waals surface area contributed by atoms with Gasteiger partial charge in [0.25, 0.3) is 0 Å². The fourth-order valence-electron chi connectivity index (χ4n) is 4.93. The van der Waals surface area contributed by atoms with Crippen molar-refractivity contribution < 1.29 is 12.4 Å². The van der Waals surface area contributed by atoms with Crippen LogP contribution in [0.1, 0.15) is 95.8 Å². The number of hydrogen-bond donors (Lipinski definition) is 0. The summed E-state index contributed by atoms with van der Waals surface area (Å²) in [6, 6.07) is 3.93. The summed E-state index contributed by atoms with van der Waals surface area (Å²) in [6.45, 7) is 11.7. The molecule has 0 N–H and O–H groups in total. The molecule has 0 heterocycles. The van der Waals surface area contributed by atoms with E-state index in [-0.39, 0.29) is 0 Å². The van der Waals surface area contributed by atoms with Crippen LogP contribution in [0.4, 0.5) is 0 Å². The average molecular weight is 459 g/mol. The normalized spacial score (nSPS) is 13.9. The second-order valence-corrected chi connectivity index (χ2v) is 16.8. The second-order valence-electron chi connectivity index (χ2n) is 9.42. The molecular formula is C25H47O3PS. The molecule has 0 fully saturated rings. The van der Waals surface area contributed by atoms with E-state index in [1.165, 1.54) is 0 Å². The fraction of sp³-hybridized carbons (Fsp3) is 0.760. The van der Waals surface area contributed by atoms with Crippen molar-refractivity contribution in [1.29, 1.82) is 0 Å². The monoisotopic (exact) mass is 458 g/mol. The van der Waals surface area contributed by atoms with E-state index in [9.17, 15) is 8.42 Å². The van der Waals surface area contributed by atoms with Crippen LogP contribution in [-0.4, -0.2) is 33.1 Å². The zero-order chi connectivity index (χ0) is 22.9. The van der Waals surface area contributed by atoms with Gasteiger partial charge >= 0.3 is 188 Å². The maximum atomic E-state index is 13.9. The summed E-state index contributed by atoms with van der Waals surface area (Å²) in [6.07, 6.45) is 12.3. The van der Waals surface area contributed by atoms with E-state index in [1.54, 1.807) is 0 Å². The molecule has 0 spiro atoms. The molecule has 1 aromatic carbocycles. The van der Waals surface area contributed by atoms with Crippen molar-refractivity contribution in [2.45, 2.75) is 105 Å². The standard InChI is InChI=1S/C25H47O3PS/c1-8-12-16-29(17-13-9-2,18-14-10-3,19-15-11-4)28-30(26,27)25-23(6)20-22(5)21-24(25)7/h20-21H,8-19H2,1-7H3. The molecule has 1 aromatic rings. The molecule has 0 unspecified atom stereocenters. The topological polar surface area (TPSA) is 43.4 Å². The van der Waals surface area contributed by atoms with Gasteiger partial charge in [0.15, 0.2) is 0 Å². The first kappa shape index (κ1) is 27.6. The molecule has 5 heteroatoms. The van der Waals surface area contributed by atoms with E-state index < -0.39 is 16.9 Å². The molecule has 0 saturated heterocycles. The van der Waals surface area contributed by atoms with Gasteiger partial charge in [0, 0.05) is 0 Å². The van der Waals surface area contributed by atoms with Gasteiger partial charge in [0.2, 0.25) is 0 Å². The van der Waals surface area contributed by atoms with Gasteiger partial charge in [-0.15, -0.1) is 0 Å². The van der Waals surface area contributed by atoms with Crippen LogP contribution >= 0.6 is 6.83 Å². The van der Waals surface area contributed by atoms with E-state index in [1.807, 2.05) is 32.9 Å². The minimum absolute atomic E-state index is 0.406. The zero-order valence-corrected chi connectivity index (χ0v) is 22.4. The summed E-state index contributed by atoms with van der Waals surface area (Å²) < 4.78 is 34.4. The first-order valence-corrected chi connectivity index (χ1v) is 16.4. The Balaban J connectivity index is 3.64. The first-order chi connectivity index (χ1) is 14.1. The van der Waals surface area contributed by atoms with Crippen molar-refractivity contribution in [3.63, 3.8) is 0 Å². The summed E-state index contributed by atoms with van der Waals surface area (Å²) in [7, 11) is -3.82. The Labute approximate surface area is 187 Å². The summed E-state index contributed by atoms with van der Waals surface area (Å²) in [5.41, 5.74) is 2.71. The molecule has 0 atom stereocenters. The van der Waals surface area contributed by atoms with Gasteiger partial charge in [-0.1, -0.05) is 0 Å². The van der Waals surface area contributed by atoms with Crippen LogP contribution in [0.25, 0.3) is 0 Å². The third-order valence-electron chi connectivity index (χ3n) is 6.47. The Bertz CT molecular complexity index is 704. The maximum absolute atomic E-state index is 13.9. The van der Waals surface area contributed by atoms with Crippen molar-refractivity contribution in [1.82, 2.24) is 0 Å². The van der Waals surface area contributed by atoms with Crippen LogP contribution in [0.5, 0.6) is 0 Å². The zero-order valence-electron chi connectivity index (χ0n) is 20.7. The summed E-state index contributed by atoms with van der Waals surface area (Å²) in [5.74, 6) is 0. The van der Waals surface area contributed by atoms with Crippen LogP contribution in [0.3, 0.4) is 0 Å². The van der Waals surface area contributed by atoms with Crippen LogP contribution in [0, 0.1) is 20.8 Å². The van der Waals surface area contributed by atoms with Gasteiger partial charge < -0.3 is 0 Å². The molecule has 1 rings (SSSR count). The van der Waals surface area contributed by atoms with Crippen LogP contribution < -0.4 is 0 Å². The molecule has 30 heavy (non-hydrogen) atoms. The molecule has 3 nitrogen and oxygen atoms in total. The molecule has 0 aliphatic rings. The Kier molecular flexibility index (Phi) is 11.0. The number of aryl methyl sites for hydroxylation is 3. The average Bonchev–Trinajstić information content (AvgIpc) is 2.67. The van der Waals surface area contributed by atoms with E-state index >= 15 is 0 Å². The Morgan fingerprint density at radius 1 is 0.700 bits per heavy atom. The number of rotatable bonds is 15. The molecule has 176 valence electrons. The van der Waals surface area contributed by atoms with Crippen molar-refractivity contribution in [3.05, 3.63) is 28.8 Å². The van der Waals surface area contributed by atoms with E-state index in [0.717, 1.165) is 92.7 Å². The fourth-order valence-corrected chi connectivity index (χ4v) is 15.4. The molecule has 0 aliphatic heterocycles. The third kappa shape index (κ3) is 7.04. The van der Waals surface area contributed by atoms with Gasteiger partial charge in [-0.3, -0.25) is 0 Å². The molecule has 0 aliphatic carbocycles. The molecule has 0 aromatic heterocycles. The van der Waals surface area contributed by atoms with Crippen molar-refractivity contribution in [3.8, 4) is 0 Å². The van der Waals surface area contributed by atoms with E-state index in [4.69, 9.17) is 3.97 Å². The Hall–Kier alpha value is -0.440. The summed E-state index contributed by atoms with van der Waals surface area (Å²) >= 11 is 0. The van der Waals surface area contributed by atoms with Crippen molar-refractivity contribution >= 4 is 16.9 Å². The predicted octanol–water partition coefficient (Wildman–Crippen LogP) is 7.99. The molecular weight excluding hydrogens is 411 g/mol. The van der Waals surface area contributed by atoms with E-state index in [2.05, 4.69) is 27.7 Å². The number of unbranched alkanes of at least 4 members (excludes halogenated alkanes) is 4. The number of benzene rings is 1. The van der Waals surface area contributed by atoms with E-state index in [0.29, 0.717) is 4.90 Å². The summed E-state index contributed by atoms with van der Waals surface area (Å²) in [4.78, 5) is 0.406. The molecule has 0 saturated carbocycles. The summed E-state index contributed by atoms with van der Waals surface area (Å²) in [5, 5.41) is 0. The van der Waals surface area contributed by atoms with Gasteiger partial charge in [-0.05, 0) is 0 Å². The van der Waals surface area contributed by atoms with Gasteiger partial charge in [-0.2, -0.15) is 0 Å². The third-order valence-corrected chi connectivity index (χ3v) is 15.9. The second kappa shape index (κ2) is 12.0. The minimum atomic E-state index is -3.82. The molecule has 0 radical (unpaired) electrons. The number of hydrogen-bond acceptors (Lipinski definition) is 3. The van der Waals surface area contributed by atoms with Crippen molar-refractivity contribution in [2.24, 2.45) is 0 Å². The SMILES string of the molecule is CCCCP(CCCC)(CCCC)(CCCC)OS(=O)(=O)c1c(C)cc(C)cc1C. The van der Waals surface area contributed by atoms with Crippen LogP contribution in [0.2, 0.25) is 0 Å². The van der Waals surface area contributed by atoms with Crippen LogP contribution in [0.15, 0.2) is 17.0 Å². The Morgan fingerprint density at radius 3 is 1.33 bits per heavy atom. The van der Waals surface area contributed by atoms with Gasteiger partial charge in [0.1, 0.15) is 0 Å². The van der Waals surface area contributed by atoms with Gasteiger partial charge in [0.05, 0.1) is 0 Å². The van der Waals surface area contributed by atoms with Gasteiger partial charge in [-0.25, -0.2) is 0 Å². The predicted molar refractivity (Wildman–Crippen MR) is 135 cm³/mol. The Morgan fingerprint density at radius 2 is 1.03 bits per heavy atom. The molecule has 0 amide bonds.